The van der Waals surface area contributed by atoms with Gasteiger partial charge < -0.3 is 0 Å². The molecule has 18 heavy (non-hydrogen) atoms. The summed E-state index contributed by atoms with van der Waals surface area (Å²) in [6.07, 6.45) is 0.739. The first-order valence-corrected chi connectivity index (χ1v) is 6.70. The Balaban J connectivity index is 2.30. The van der Waals surface area contributed by atoms with Crippen LogP contribution in [-0.4, -0.2) is 0 Å². The van der Waals surface area contributed by atoms with Gasteiger partial charge in [0.2, 0.25) is 0 Å². The molecule has 0 aliphatic heterocycles. The smallest absolute Gasteiger partial charge is 0.0755 e. The van der Waals surface area contributed by atoms with Crippen molar-refractivity contribution in [2.24, 2.45) is 0 Å². The van der Waals surface area contributed by atoms with Crippen molar-refractivity contribution in [3.8, 4) is 6.07 Å². The molecule has 2 aromatic rings. The van der Waals surface area contributed by atoms with Gasteiger partial charge in [-0.3, -0.25) is 0 Å². The van der Waals surface area contributed by atoms with E-state index in [4.69, 9.17) is 0 Å². The van der Waals surface area contributed by atoms with Crippen LogP contribution in [0.4, 0.5) is 0 Å². The molecule has 1 unspecified atom stereocenters. The first kappa shape index (κ1) is 12.9. The summed E-state index contributed by atoms with van der Waals surface area (Å²) in [7, 11) is 0. The molecule has 1 nitrogen and oxygen atoms in total. The van der Waals surface area contributed by atoms with Crippen molar-refractivity contribution in [3.63, 3.8) is 0 Å². The second kappa shape index (κ2) is 5.84. The van der Waals surface area contributed by atoms with E-state index in [0.717, 1.165) is 16.5 Å². The number of nitrogens with zero attached hydrogens (tertiary/aromatic N) is 1. The summed E-state index contributed by atoms with van der Waals surface area (Å²) in [5, 5.41) is 9.39. The van der Waals surface area contributed by atoms with Gasteiger partial charge in [-0.1, -0.05) is 58.4 Å². The Bertz CT molecular complexity index is 584. The maximum atomic E-state index is 9.39. The molecule has 0 aliphatic rings. The van der Waals surface area contributed by atoms with E-state index in [9.17, 15) is 5.26 Å². The molecule has 2 heteroatoms. The Morgan fingerprint density at radius 1 is 1.11 bits per heavy atom. The topological polar surface area (TPSA) is 23.8 Å². The molecular weight excluding hydrogens is 286 g/mol. The Morgan fingerprint density at radius 2 is 1.78 bits per heavy atom. The summed E-state index contributed by atoms with van der Waals surface area (Å²) in [5.41, 5.74) is 3.47. The van der Waals surface area contributed by atoms with E-state index in [1.165, 1.54) is 11.1 Å². The maximum absolute atomic E-state index is 9.39. The summed E-state index contributed by atoms with van der Waals surface area (Å²) in [5.74, 6) is -0.0927. The van der Waals surface area contributed by atoms with Crippen LogP contribution < -0.4 is 0 Å². The molecule has 0 N–H and O–H groups in total. The minimum absolute atomic E-state index is 0.0927. The third kappa shape index (κ3) is 2.80. The number of benzene rings is 2. The molecule has 90 valence electrons. The molecule has 0 amide bonds. The molecule has 2 aromatic carbocycles. The highest BCUT2D eigenvalue weighted by Gasteiger charge is 2.14. The lowest BCUT2D eigenvalue weighted by Gasteiger charge is -2.13. The molecule has 0 spiro atoms. The number of nitriles is 1. The molecule has 0 heterocycles. The molecule has 0 radical (unpaired) electrons. The Labute approximate surface area is 116 Å². The fourth-order valence-electron chi connectivity index (χ4n) is 2.09. The number of hydrogen-bond donors (Lipinski definition) is 0. The first-order valence-electron chi connectivity index (χ1n) is 5.91. The van der Waals surface area contributed by atoms with Gasteiger partial charge in [-0.2, -0.15) is 5.26 Å². The lowest BCUT2D eigenvalue weighted by Crippen LogP contribution is -2.03. The third-order valence-corrected chi connectivity index (χ3v) is 3.88. The van der Waals surface area contributed by atoms with Crippen LogP contribution in [0.25, 0.3) is 0 Å². The van der Waals surface area contributed by atoms with Gasteiger partial charge in [0.15, 0.2) is 0 Å². The van der Waals surface area contributed by atoms with Gasteiger partial charge in [-0.25, -0.2) is 0 Å². The lowest BCUT2D eigenvalue weighted by atomic mass is 9.90. The standard InChI is InChI=1S/C16H14BrN/c1-12-6-2-4-8-15(12)14(11-18)10-13-7-3-5-9-16(13)17/h2-9,14H,10H2,1H3. The zero-order valence-electron chi connectivity index (χ0n) is 10.2. The van der Waals surface area contributed by atoms with Gasteiger partial charge in [-0.15, -0.1) is 0 Å². The molecule has 0 fully saturated rings. The summed E-state index contributed by atoms with van der Waals surface area (Å²) in [6.45, 7) is 2.06. The predicted molar refractivity (Wildman–Crippen MR) is 77.4 cm³/mol. The molecular formula is C16H14BrN. The maximum Gasteiger partial charge on any atom is 0.0755 e. The normalized spacial score (nSPS) is 11.8. The number of halogens is 1. The van der Waals surface area contributed by atoms with Gasteiger partial charge in [-0.05, 0) is 36.1 Å². The van der Waals surface area contributed by atoms with Gasteiger partial charge >= 0.3 is 0 Å². The summed E-state index contributed by atoms with van der Waals surface area (Å²) < 4.78 is 1.07. The van der Waals surface area contributed by atoms with E-state index >= 15 is 0 Å². The van der Waals surface area contributed by atoms with Crippen LogP contribution in [0.15, 0.2) is 53.0 Å². The van der Waals surface area contributed by atoms with Crippen LogP contribution in [0.1, 0.15) is 22.6 Å². The average Bonchev–Trinajstić information content (AvgIpc) is 2.39. The van der Waals surface area contributed by atoms with Crippen molar-refractivity contribution in [3.05, 3.63) is 69.7 Å². The van der Waals surface area contributed by atoms with E-state index in [1.807, 2.05) is 36.4 Å². The fourth-order valence-corrected chi connectivity index (χ4v) is 2.53. The number of aryl methyl sites for hydroxylation is 1. The van der Waals surface area contributed by atoms with Crippen LogP contribution in [-0.2, 0) is 6.42 Å². The average molecular weight is 300 g/mol. The second-order valence-corrected chi connectivity index (χ2v) is 5.19. The van der Waals surface area contributed by atoms with Crippen LogP contribution in [0.5, 0.6) is 0 Å². The fraction of sp³-hybridized carbons (Fsp3) is 0.188. The third-order valence-electron chi connectivity index (χ3n) is 3.10. The largest absolute Gasteiger partial charge is 0.198 e. The van der Waals surface area contributed by atoms with Crippen LogP contribution >= 0.6 is 15.9 Å². The van der Waals surface area contributed by atoms with E-state index in [2.05, 4.69) is 41.1 Å². The zero-order valence-corrected chi connectivity index (χ0v) is 11.8. The second-order valence-electron chi connectivity index (χ2n) is 4.33. The van der Waals surface area contributed by atoms with Crippen molar-refractivity contribution in [2.75, 3.05) is 0 Å². The Hall–Kier alpha value is -1.59. The van der Waals surface area contributed by atoms with Crippen molar-refractivity contribution in [1.29, 1.82) is 5.26 Å². The predicted octanol–water partition coefficient (Wildman–Crippen LogP) is 4.61. The van der Waals surface area contributed by atoms with Gasteiger partial charge in [0.05, 0.1) is 12.0 Å². The van der Waals surface area contributed by atoms with Crippen LogP contribution in [0, 0.1) is 18.3 Å². The molecule has 1 atom stereocenters. The first-order chi connectivity index (χ1) is 8.72. The Kier molecular flexibility index (Phi) is 4.17. The number of rotatable bonds is 3. The number of hydrogen-bond acceptors (Lipinski definition) is 1. The monoisotopic (exact) mass is 299 g/mol. The van der Waals surface area contributed by atoms with Crippen molar-refractivity contribution in [2.45, 2.75) is 19.3 Å². The zero-order chi connectivity index (χ0) is 13.0. The van der Waals surface area contributed by atoms with Crippen LogP contribution in [0.3, 0.4) is 0 Å². The van der Waals surface area contributed by atoms with E-state index in [-0.39, 0.29) is 5.92 Å². The molecule has 0 saturated carbocycles. The van der Waals surface area contributed by atoms with Gasteiger partial charge in [0, 0.05) is 4.47 Å². The van der Waals surface area contributed by atoms with Gasteiger partial charge in [0.1, 0.15) is 0 Å². The van der Waals surface area contributed by atoms with Crippen LogP contribution in [0.2, 0.25) is 0 Å². The Morgan fingerprint density at radius 3 is 2.44 bits per heavy atom. The summed E-state index contributed by atoms with van der Waals surface area (Å²) in [4.78, 5) is 0. The minimum atomic E-state index is -0.0927. The highest BCUT2D eigenvalue weighted by Crippen LogP contribution is 2.26. The van der Waals surface area contributed by atoms with E-state index in [0.29, 0.717) is 0 Å². The van der Waals surface area contributed by atoms with Gasteiger partial charge in [0.25, 0.3) is 0 Å². The molecule has 0 aromatic heterocycles. The quantitative estimate of drug-likeness (QED) is 0.812. The van der Waals surface area contributed by atoms with Crippen molar-refractivity contribution in [1.82, 2.24) is 0 Å². The summed E-state index contributed by atoms with van der Waals surface area (Å²) in [6, 6.07) is 18.6. The molecule has 2 rings (SSSR count). The lowest BCUT2D eigenvalue weighted by molar-refractivity contribution is 0.838. The minimum Gasteiger partial charge on any atom is -0.198 e. The molecule has 0 aliphatic carbocycles. The molecule has 0 saturated heterocycles. The highest BCUT2D eigenvalue weighted by molar-refractivity contribution is 9.10. The van der Waals surface area contributed by atoms with Crippen molar-refractivity contribution >= 4 is 15.9 Å². The van der Waals surface area contributed by atoms with Crippen molar-refractivity contribution < 1.29 is 0 Å². The van der Waals surface area contributed by atoms with E-state index in [1.54, 1.807) is 0 Å². The molecule has 0 bridgehead atoms. The van der Waals surface area contributed by atoms with E-state index < -0.39 is 0 Å². The SMILES string of the molecule is Cc1ccccc1C(C#N)Cc1ccccc1Br. The highest BCUT2D eigenvalue weighted by atomic mass is 79.9. The summed E-state index contributed by atoms with van der Waals surface area (Å²) >= 11 is 3.54.